The summed E-state index contributed by atoms with van der Waals surface area (Å²) in [5.41, 5.74) is 0.710. The molecule has 1 aliphatic rings. The van der Waals surface area contributed by atoms with Crippen molar-refractivity contribution in [1.29, 1.82) is 0 Å². The minimum absolute atomic E-state index is 0.0518. The summed E-state index contributed by atoms with van der Waals surface area (Å²) in [6.45, 7) is 2.35. The number of carbonyl (C=O) groups is 2. The molecule has 0 aliphatic carbocycles. The van der Waals surface area contributed by atoms with Crippen LogP contribution in [-0.2, 0) is 13.6 Å². The number of para-hydroxylation sites is 1. The van der Waals surface area contributed by atoms with Crippen molar-refractivity contribution in [3.8, 4) is 0 Å². The number of aliphatic hydroxyl groups is 1. The van der Waals surface area contributed by atoms with Gasteiger partial charge in [-0.05, 0) is 43.5 Å². The molecule has 1 fully saturated rings. The number of aromatic nitrogens is 4. The maximum absolute atomic E-state index is 13.7. The Hall–Kier alpha value is -4.31. The summed E-state index contributed by atoms with van der Waals surface area (Å²) in [4.78, 5) is 47.1. The van der Waals surface area contributed by atoms with Gasteiger partial charge in [0, 0.05) is 25.7 Å². The number of piperidine rings is 1. The topological polar surface area (TPSA) is 114 Å². The van der Waals surface area contributed by atoms with Gasteiger partial charge in [-0.3, -0.25) is 18.8 Å². The molecule has 10 heteroatoms. The number of urea groups is 1. The normalized spacial score (nSPS) is 15.1. The lowest BCUT2D eigenvalue weighted by Gasteiger charge is -2.39. The third-order valence-corrected chi connectivity index (χ3v) is 6.93. The molecule has 3 amide bonds. The molecule has 10 nitrogen and oxygen atoms in total. The van der Waals surface area contributed by atoms with Crippen LogP contribution in [0.2, 0.25) is 0 Å². The predicted octanol–water partition coefficient (Wildman–Crippen LogP) is 2.73. The van der Waals surface area contributed by atoms with Gasteiger partial charge in [0.15, 0.2) is 5.65 Å². The van der Waals surface area contributed by atoms with E-state index >= 15 is 0 Å². The van der Waals surface area contributed by atoms with E-state index in [-0.39, 0.29) is 38.0 Å². The van der Waals surface area contributed by atoms with Crippen LogP contribution in [0.25, 0.3) is 11.0 Å². The molecular weight excluding hydrogens is 472 g/mol. The van der Waals surface area contributed by atoms with E-state index in [1.807, 2.05) is 25.1 Å². The van der Waals surface area contributed by atoms with Crippen LogP contribution in [0.4, 0.5) is 10.5 Å². The summed E-state index contributed by atoms with van der Waals surface area (Å²) >= 11 is 0. The van der Waals surface area contributed by atoms with Crippen molar-refractivity contribution in [3.05, 3.63) is 88.6 Å². The minimum atomic E-state index is -1.20. The summed E-state index contributed by atoms with van der Waals surface area (Å²) in [5.74, 6) is -0.405. The molecule has 4 aromatic rings. The van der Waals surface area contributed by atoms with Crippen molar-refractivity contribution in [2.45, 2.75) is 31.9 Å². The molecular formula is C27H28N6O4. The van der Waals surface area contributed by atoms with Crippen molar-refractivity contribution in [2.24, 2.45) is 7.05 Å². The molecule has 0 spiro atoms. The number of likely N-dealkylation sites (tertiary alicyclic amines) is 1. The number of hydrogen-bond acceptors (Lipinski definition) is 6. The van der Waals surface area contributed by atoms with Gasteiger partial charge in [-0.1, -0.05) is 36.4 Å². The molecule has 1 saturated heterocycles. The first kappa shape index (κ1) is 24.4. The molecule has 2 aromatic carbocycles. The van der Waals surface area contributed by atoms with Crippen LogP contribution in [0.15, 0.2) is 71.9 Å². The fourth-order valence-electron chi connectivity index (χ4n) is 4.73. The quantitative estimate of drug-likeness (QED) is 0.461. The Morgan fingerprint density at radius 2 is 1.73 bits per heavy atom. The molecule has 1 N–H and O–H groups in total. The summed E-state index contributed by atoms with van der Waals surface area (Å²) in [6.07, 6.45) is 3.38. The fraction of sp³-hybridized carbons (Fsp3) is 0.296. The smallest absolute Gasteiger partial charge is 0.331 e. The Bertz CT molecular complexity index is 1520. The molecule has 0 radical (unpaired) electrons. The summed E-state index contributed by atoms with van der Waals surface area (Å²) in [6, 6.07) is 15.5. The van der Waals surface area contributed by atoms with Crippen LogP contribution in [-0.4, -0.2) is 60.0 Å². The molecule has 1 aliphatic heterocycles. The Balaban J connectivity index is 1.35. The lowest BCUT2D eigenvalue weighted by Crippen LogP contribution is -2.54. The number of amides is 3. The number of imide groups is 1. The van der Waals surface area contributed by atoms with Crippen LogP contribution >= 0.6 is 0 Å². The van der Waals surface area contributed by atoms with Crippen LogP contribution in [0.5, 0.6) is 0 Å². The van der Waals surface area contributed by atoms with Gasteiger partial charge in [-0.15, -0.1) is 0 Å². The fourth-order valence-corrected chi connectivity index (χ4v) is 4.73. The first-order valence-corrected chi connectivity index (χ1v) is 12.1. The minimum Gasteiger partial charge on any atom is -0.388 e. The van der Waals surface area contributed by atoms with E-state index in [4.69, 9.17) is 0 Å². The van der Waals surface area contributed by atoms with Crippen molar-refractivity contribution >= 4 is 28.7 Å². The Labute approximate surface area is 213 Å². The van der Waals surface area contributed by atoms with Gasteiger partial charge in [0.25, 0.3) is 11.5 Å². The van der Waals surface area contributed by atoms with E-state index in [1.165, 1.54) is 26.7 Å². The number of nitrogens with zero attached hydrogens (tertiary/aromatic N) is 6. The SMILES string of the molecule is Cc1ccccc1C(=O)N(C(=O)N1CCC(O)(Cn2cnc3c(cnn3C)c2=O)CC1)c1ccccc1. The van der Waals surface area contributed by atoms with E-state index in [2.05, 4.69) is 10.1 Å². The largest absolute Gasteiger partial charge is 0.388 e. The Morgan fingerprint density at radius 1 is 1.05 bits per heavy atom. The standard InChI is InChI=1S/C27H28N6O4/c1-19-8-6-7-11-21(19)25(35)33(20-9-4-3-5-10-20)26(36)31-14-12-27(37,13-15-31)17-32-18-28-23-22(24(32)34)16-29-30(23)2/h3-11,16,18,37H,12-15,17H2,1-2H3. The first-order chi connectivity index (χ1) is 17.8. The van der Waals surface area contributed by atoms with Gasteiger partial charge in [0.05, 0.1) is 24.0 Å². The number of rotatable bonds is 4. The number of carbonyl (C=O) groups excluding carboxylic acids is 2. The second-order valence-electron chi connectivity index (χ2n) is 9.47. The van der Waals surface area contributed by atoms with Gasteiger partial charge in [0.2, 0.25) is 0 Å². The van der Waals surface area contributed by atoms with E-state index in [0.717, 1.165) is 5.56 Å². The molecule has 3 heterocycles. The van der Waals surface area contributed by atoms with Crippen molar-refractivity contribution in [2.75, 3.05) is 18.0 Å². The summed E-state index contributed by atoms with van der Waals surface area (Å²) in [7, 11) is 1.71. The Kier molecular flexibility index (Phi) is 6.34. The Morgan fingerprint density at radius 3 is 2.43 bits per heavy atom. The second-order valence-corrected chi connectivity index (χ2v) is 9.47. The summed E-state index contributed by atoms with van der Waals surface area (Å²) < 4.78 is 2.91. The van der Waals surface area contributed by atoms with Gasteiger partial charge in [0.1, 0.15) is 11.7 Å². The van der Waals surface area contributed by atoms with Gasteiger partial charge in [-0.25, -0.2) is 14.7 Å². The van der Waals surface area contributed by atoms with E-state index in [0.29, 0.717) is 22.3 Å². The summed E-state index contributed by atoms with van der Waals surface area (Å²) in [5, 5.41) is 15.7. The molecule has 0 atom stereocenters. The van der Waals surface area contributed by atoms with Gasteiger partial charge >= 0.3 is 6.03 Å². The third kappa shape index (κ3) is 4.63. The highest BCUT2D eigenvalue weighted by Crippen LogP contribution is 2.27. The molecule has 37 heavy (non-hydrogen) atoms. The van der Waals surface area contributed by atoms with Crippen molar-refractivity contribution in [1.82, 2.24) is 24.2 Å². The molecule has 0 unspecified atom stereocenters. The maximum Gasteiger partial charge on any atom is 0.331 e. The highest BCUT2D eigenvalue weighted by atomic mass is 16.3. The molecule has 0 bridgehead atoms. The predicted molar refractivity (Wildman–Crippen MR) is 138 cm³/mol. The van der Waals surface area contributed by atoms with E-state index < -0.39 is 17.5 Å². The lowest BCUT2D eigenvalue weighted by molar-refractivity contribution is -0.0259. The first-order valence-electron chi connectivity index (χ1n) is 12.1. The molecule has 2 aromatic heterocycles. The number of benzene rings is 2. The number of fused-ring (bicyclic) bond motifs is 1. The molecule has 0 saturated carbocycles. The molecule has 5 rings (SSSR count). The highest BCUT2D eigenvalue weighted by molar-refractivity contribution is 6.21. The zero-order chi connectivity index (χ0) is 26.2. The average Bonchev–Trinajstić information content (AvgIpc) is 3.28. The maximum atomic E-state index is 13.7. The zero-order valence-corrected chi connectivity index (χ0v) is 20.7. The lowest BCUT2D eigenvalue weighted by atomic mass is 9.91. The average molecular weight is 501 g/mol. The van der Waals surface area contributed by atoms with Crippen LogP contribution in [0.1, 0.15) is 28.8 Å². The van der Waals surface area contributed by atoms with Gasteiger partial charge < -0.3 is 10.0 Å². The van der Waals surface area contributed by atoms with Crippen LogP contribution in [0.3, 0.4) is 0 Å². The highest BCUT2D eigenvalue weighted by Gasteiger charge is 2.38. The third-order valence-electron chi connectivity index (χ3n) is 6.93. The van der Waals surface area contributed by atoms with Gasteiger partial charge in [-0.2, -0.15) is 5.10 Å². The van der Waals surface area contributed by atoms with Crippen LogP contribution in [0, 0.1) is 6.92 Å². The van der Waals surface area contributed by atoms with E-state index in [9.17, 15) is 19.5 Å². The van der Waals surface area contributed by atoms with Crippen LogP contribution < -0.4 is 10.5 Å². The monoisotopic (exact) mass is 500 g/mol. The van der Waals surface area contributed by atoms with Crippen molar-refractivity contribution in [3.63, 3.8) is 0 Å². The van der Waals surface area contributed by atoms with E-state index in [1.54, 1.807) is 48.3 Å². The number of hydrogen-bond donors (Lipinski definition) is 1. The number of anilines is 1. The number of aryl methyl sites for hydroxylation is 2. The zero-order valence-electron chi connectivity index (χ0n) is 20.7. The second kappa shape index (κ2) is 9.62. The molecule has 190 valence electrons. The van der Waals surface area contributed by atoms with Crippen molar-refractivity contribution < 1.29 is 14.7 Å².